The maximum atomic E-state index is 12.7. The Morgan fingerprint density at radius 1 is 1.28 bits per heavy atom. The zero-order valence-corrected chi connectivity index (χ0v) is 14.8. The summed E-state index contributed by atoms with van der Waals surface area (Å²) in [6, 6.07) is 10.8. The number of hydrogen-bond acceptors (Lipinski definition) is 3. The summed E-state index contributed by atoms with van der Waals surface area (Å²) in [7, 11) is 1.94. The average Bonchev–Trinajstić information content (AvgIpc) is 3.21. The number of nitrogens with zero attached hydrogens (tertiary/aromatic N) is 3. The topological polar surface area (TPSA) is 50.2 Å². The quantitative estimate of drug-likeness (QED) is 0.881. The van der Waals surface area contributed by atoms with Crippen LogP contribution in [0.4, 0.5) is 0 Å². The molecule has 0 unspecified atom stereocenters. The third kappa shape index (κ3) is 3.76. The lowest BCUT2D eigenvalue weighted by Crippen LogP contribution is -2.39. The van der Waals surface area contributed by atoms with Crippen LogP contribution in [-0.4, -0.2) is 33.7 Å². The summed E-state index contributed by atoms with van der Waals surface area (Å²) in [6.45, 7) is 1.45. The number of nitrogens with one attached hydrogen (secondary N) is 1. The highest BCUT2D eigenvalue weighted by atomic mass is 16.2. The molecule has 1 aromatic carbocycles. The van der Waals surface area contributed by atoms with Gasteiger partial charge < -0.3 is 5.32 Å². The summed E-state index contributed by atoms with van der Waals surface area (Å²) in [5.74, 6) is 0.732. The normalized spacial score (nSPS) is 22.0. The number of carbonyl (C=O) groups excluding carboxylic acids is 1. The Morgan fingerprint density at radius 3 is 2.76 bits per heavy atom. The number of aromatic nitrogens is 2. The van der Waals surface area contributed by atoms with Gasteiger partial charge in [-0.3, -0.25) is 14.4 Å². The zero-order chi connectivity index (χ0) is 17.2. The maximum Gasteiger partial charge on any atom is 0.234 e. The van der Waals surface area contributed by atoms with Crippen LogP contribution in [0.5, 0.6) is 0 Å². The van der Waals surface area contributed by atoms with Gasteiger partial charge in [0.1, 0.15) is 0 Å². The Balaban J connectivity index is 1.41. The zero-order valence-electron chi connectivity index (χ0n) is 14.8. The van der Waals surface area contributed by atoms with Crippen LogP contribution in [0.1, 0.15) is 48.9 Å². The van der Waals surface area contributed by atoms with Gasteiger partial charge in [-0.15, -0.1) is 0 Å². The minimum Gasteiger partial charge on any atom is -0.348 e. The van der Waals surface area contributed by atoms with E-state index in [1.54, 1.807) is 0 Å². The van der Waals surface area contributed by atoms with Crippen molar-refractivity contribution in [3.05, 3.63) is 53.9 Å². The third-order valence-electron chi connectivity index (χ3n) is 5.39. The Hall–Kier alpha value is -2.14. The standard InChI is InChI=1S/C20H26N4O/c1-23-13-17(12-21-23)18-8-5-11-24(18)14-19(25)22-20(16-9-10-16)15-6-3-2-4-7-15/h2-4,6-7,12-13,16,18,20H,5,8-11,14H2,1H3,(H,22,25)/t18-,20+/m1/s1. The summed E-state index contributed by atoms with van der Waals surface area (Å²) >= 11 is 0. The van der Waals surface area contributed by atoms with Crippen LogP contribution < -0.4 is 5.32 Å². The fraction of sp³-hybridized carbons (Fsp3) is 0.500. The lowest BCUT2D eigenvalue weighted by Gasteiger charge is -2.25. The van der Waals surface area contributed by atoms with Gasteiger partial charge in [-0.1, -0.05) is 30.3 Å². The molecule has 4 rings (SSSR count). The van der Waals surface area contributed by atoms with E-state index in [0.29, 0.717) is 18.5 Å². The van der Waals surface area contributed by atoms with Crippen molar-refractivity contribution in [3.8, 4) is 0 Å². The van der Waals surface area contributed by atoms with Crippen molar-refractivity contribution in [2.45, 2.75) is 37.8 Å². The molecule has 1 aromatic heterocycles. The van der Waals surface area contributed by atoms with Crippen LogP contribution in [0.25, 0.3) is 0 Å². The molecule has 1 saturated heterocycles. The second kappa shape index (κ2) is 7.00. The molecule has 25 heavy (non-hydrogen) atoms. The van der Waals surface area contributed by atoms with Gasteiger partial charge in [0, 0.05) is 24.8 Å². The first-order valence-electron chi connectivity index (χ1n) is 9.27. The van der Waals surface area contributed by atoms with E-state index in [9.17, 15) is 4.79 Å². The van der Waals surface area contributed by atoms with Crippen molar-refractivity contribution in [1.29, 1.82) is 0 Å². The monoisotopic (exact) mass is 338 g/mol. The first kappa shape index (κ1) is 16.3. The summed E-state index contributed by atoms with van der Waals surface area (Å²) in [5.41, 5.74) is 2.44. The molecule has 132 valence electrons. The van der Waals surface area contributed by atoms with Gasteiger partial charge in [0.05, 0.1) is 18.8 Å². The van der Waals surface area contributed by atoms with Crippen molar-refractivity contribution in [2.75, 3.05) is 13.1 Å². The molecule has 2 aromatic rings. The molecule has 0 bridgehead atoms. The molecule has 2 heterocycles. The Labute approximate surface area is 149 Å². The molecule has 0 radical (unpaired) electrons. The highest BCUT2D eigenvalue weighted by molar-refractivity contribution is 5.78. The first-order valence-corrected chi connectivity index (χ1v) is 9.27. The summed E-state index contributed by atoms with van der Waals surface area (Å²) < 4.78 is 1.84. The van der Waals surface area contributed by atoms with Crippen molar-refractivity contribution in [1.82, 2.24) is 20.0 Å². The second-order valence-electron chi connectivity index (χ2n) is 7.37. The lowest BCUT2D eigenvalue weighted by molar-refractivity contribution is -0.123. The minimum absolute atomic E-state index is 0.136. The molecule has 1 aliphatic carbocycles. The molecular weight excluding hydrogens is 312 g/mol. The van der Waals surface area contributed by atoms with E-state index < -0.39 is 0 Å². The fourth-order valence-electron chi connectivity index (χ4n) is 3.97. The lowest BCUT2D eigenvalue weighted by atomic mass is 10.0. The number of likely N-dealkylation sites (tertiary alicyclic amines) is 1. The summed E-state index contributed by atoms with van der Waals surface area (Å²) in [4.78, 5) is 15.0. The van der Waals surface area contributed by atoms with Crippen LogP contribution in [0, 0.1) is 5.92 Å². The van der Waals surface area contributed by atoms with E-state index in [2.05, 4.69) is 45.8 Å². The van der Waals surface area contributed by atoms with Gasteiger partial charge in [0.25, 0.3) is 0 Å². The summed E-state index contributed by atoms with van der Waals surface area (Å²) in [6.07, 6.45) is 8.65. The Bertz CT molecular complexity index is 722. The SMILES string of the molecule is Cn1cc([C@H]2CCCN2CC(=O)N[C@@H](c2ccccc2)C2CC2)cn1. The van der Waals surface area contributed by atoms with Gasteiger partial charge in [-0.25, -0.2) is 0 Å². The van der Waals surface area contributed by atoms with Crippen LogP contribution in [-0.2, 0) is 11.8 Å². The number of aryl methyl sites for hydroxylation is 1. The van der Waals surface area contributed by atoms with Crippen LogP contribution >= 0.6 is 0 Å². The molecule has 0 spiro atoms. The van der Waals surface area contributed by atoms with Gasteiger partial charge in [-0.05, 0) is 43.7 Å². The van der Waals surface area contributed by atoms with E-state index in [4.69, 9.17) is 0 Å². The highest BCUT2D eigenvalue weighted by Gasteiger charge is 2.34. The second-order valence-corrected chi connectivity index (χ2v) is 7.37. The fourth-order valence-corrected chi connectivity index (χ4v) is 3.97. The molecule has 1 N–H and O–H groups in total. The van der Waals surface area contributed by atoms with Crippen molar-refractivity contribution in [2.24, 2.45) is 13.0 Å². The molecule has 2 fully saturated rings. The number of benzene rings is 1. The van der Waals surface area contributed by atoms with E-state index in [0.717, 1.165) is 19.4 Å². The average molecular weight is 338 g/mol. The van der Waals surface area contributed by atoms with Gasteiger partial charge in [0.2, 0.25) is 5.91 Å². The van der Waals surface area contributed by atoms with Crippen molar-refractivity contribution >= 4 is 5.91 Å². The number of rotatable bonds is 6. The molecule has 1 aliphatic heterocycles. The van der Waals surface area contributed by atoms with Crippen LogP contribution in [0.15, 0.2) is 42.7 Å². The Kier molecular flexibility index (Phi) is 4.57. The van der Waals surface area contributed by atoms with Crippen molar-refractivity contribution in [3.63, 3.8) is 0 Å². The Morgan fingerprint density at radius 2 is 2.08 bits per heavy atom. The number of carbonyl (C=O) groups is 1. The molecule has 5 nitrogen and oxygen atoms in total. The first-order chi connectivity index (χ1) is 12.2. The van der Waals surface area contributed by atoms with E-state index in [1.165, 1.54) is 24.0 Å². The highest BCUT2D eigenvalue weighted by Crippen LogP contribution is 2.41. The predicted octanol–water partition coefficient (Wildman–Crippen LogP) is 2.82. The molecule has 1 saturated carbocycles. The van der Waals surface area contributed by atoms with Crippen LogP contribution in [0.2, 0.25) is 0 Å². The molecule has 1 amide bonds. The van der Waals surface area contributed by atoms with Gasteiger partial charge in [-0.2, -0.15) is 5.10 Å². The smallest absolute Gasteiger partial charge is 0.234 e. The van der Waals surface area contributed by atoms with Gasteiger partial charge in [0.15, 0.2) is 0 Å². The maximum absolute atomic E-state index is 12.7. The van der Waals surface area contributed by atoms with E-state index in [1.807, 2.05) is 24.0 Å². The third-order valence-corrected chi connectivity index (χ3v) is 5.39. The van der Waals surface area contributed by atoms with Crippen molar-refractivity contribution < 1.29 is 4.79 Å². The number of hydrogen-bond donors (Lipinski definition) is 1. The van der Waals surface area contributed by atoms with Crippen LogP contribution in [0.3, 0.4) is 0 Å². The van der Waals surface area contributed by atoms with E-state index >= 15 is 0 Å². The molecular formula is C20H26N4O. The predicted molar refractivity (Wildman–Crippen MR) is 96.8 cm³/mol. The minimum atomic E-state index is 0.136. The molecule has 2 atom stereocenters. The molecule has 5 heteroatoms. The number of amides is 1. The largest absolute Gasteiger partial charge is 0.348 e. The van der Waals surface area contributed by atoms with Gasteiger partial charge >= 0.3 is 0 Å². The summed E-state index contributed by atoms with van der Waals surface area (Å²) in [5, 5.41) is 7.58. The molecule has 2 aliphatic rings. The van der Waals surface area contributed by atoms with E-state index in [-0.39, 0.29) is 11.9 Å².